The molecule has 9 nitrogen and oxygen atoms in total. The topological polar surface area (TPSA) is 149 Å². The van der Waals surface area contributed by atoms with E-state index in [4.69, 9.17) is 9.47 Å². The maximum Gasteiger partial charge on any atom is 0.220 e. The van der Waals surface area contributed by atoms with Crippen LogP contribution in [-0.2, 0) is 14.3 Å². The van der Waals surface area contributed by atoms with Crippen LogP contribution < -0.4 is 5.32 Å². The van der Waals surface area contributed by atoms with Gasteiger partial charge in [-0.1, -0.05) is 367 Å². The summed E-state index contributed by atoms with van der Waals surface area (Å²) < 4.78 is 11.4. The van der Waals surface area contributed by atoms with Crippen molar-refractivity contribution in [2.75, 3.05) is 13.2 Å². The molecular formula is C70H139NO8. The SMILES string of the molecule is CCCCCCCCCCCCCCCCCCCCCCCCCCCCCCCCCC(O)C(COC1OC(CO)C(O)C(O)C1O)NC(=O)CCCCCCCCCCCCCCCCCCCCCCCCCCC. The Hall–Kier alpha value is -0.810. The summed E-state index contributed by atoms with van der Waals surface area (Å²) in [6.45, 7) is 3.91. The second kappa shape index (κ2) is 60.3. The number of carbonyl (C=O) groups excluding carboxylic acids is 1. The summed E-state index contributed by atoms with van der Waals surface area (Å²) in [7, 11) is 0. The van der Waals surface area contributed by atoms with E-state index in [9.17, 15) is 30.3 Å². The van der Waals surface area contributed by atoms with Gasteiger partial charge in [-0.2, -0.15) is 0 Å². The van der Waals surface area contributed by atoms with Gasteiger partial charge in [0.15, 0.2) is 6.29 Å². The molecule has 0 saturated carbocycles. The van der Waals surface area contributed by atoms with Crippen molar-refractivity contribution in [3.8, 4) is 0 Å². The zero-order valence-electron chi connectivity index (χ0n) is 52.9. The average molecular weight is 1120 g/mol. The van der Waals surface area contributed by atoms with Crippen LogP contribution in [0.4, 0.5) is 0 Å². The highest BCUT2D eigenvalue weighted by Gasteiger charge is 2.44. The van der Waals surface area contributed by atoms with E-state index in [0.717, 1.165) is 38.5 Å². The summed E-state index contributed by atoms with van der Waals surface area (Å²) in [4.78, 5) is 13.1. The Morgan fingerprint density at radius 1 is 0.380 bits per heavy atom. The van der Waals surface area contributed by atoms with Crippen LogP contribution >= 0.6 is 0 Å². The molecule has 79 heavy (non-hydrogen) atoms. The van der Waals surface area contributed by atoms with Gasteiger partial charge >= 0.3 is 0 Å². The van der Waals surface area contributed by atoms with Crippen molar-refractivity contribution in [1.29, 1.82) is 0 Å². The Labute approximate surface area is 491 Å². The molecule has 0 aromatic carbocycles. The molecule has 7 unspecified atom stereocenters. The molecule has 472 valence electrons. The highest BCUT2D eigenvalue weighted by atomic mass is 16.7. The standard InChI is InChI=1S/C70H139NO8/c1-3-5-7-9-11-13-15-17-19-21-23-25-27-29-30-31-32-33-34-36-37-39-41-43-45-47-49-51-53-55-57-59-64(73)63(62-78-70-69(77)68(76)67(75)65(61-72)79-70)71-66(74)60-58-56-54-52-50-48-46-44-42-40-38-35-28-26-24-22-20-18-16-14-12-10-8-6-4-2/h63-65,67-70,72-73,75-77H,3-62H2,1-2H3,(H,71,74). The first-order chi connectivity index (χ1) is 38.8. The zero-order chi connectivity index (χ0) is 57.2. The predicted octanol–water partition coefficient (Wildman–Crippen LogP) is 19.3. The molecule has 0 radical (unpaired) electrons. The van der Waals surface area contributed by atoms with Crippen molar-refractivity contribution >= 4 is 5.91 Å². The maximum atomic E-state index is 13.1. The van der Waals surface area contributed by atoms with Gasteiger partial charge in [-0.3, -0.25) is 4.79 Å². The Morgan fingerprint density at radius 3 is 0.899 bits per heavy atom. The molecule has 1 saturated heterocycles. The third-order valence-corrected chi connectivity index (χ3v) is 17.7. The monoisotopic (exact) mass is 1120 g/mol. The molecule has 1 rings (SSSR count). The van der Waals surface area contributed by atoms with E-state index in [1.807, 2.05) is 0 Å². The average Bonchev–Trinajstić information content (AvgIpc) is 3.47. The minimum Gasteiger partial charge on any atom is -0.394 e. The Bertz CT molecular complexity index is 1210. The predicted molar refractivity (Wildman–Crippen MR) is 337 cm³/mol. The van der Waals surface area contributed by atoms with Gasteiger partial charge in [0.1, 0.15) is 24.4 Å². The summed E-state index contributed by atoms with van der Waals surface area (Å²) in [5.41, 5.74) is 0. The summed E-state index contributed by atoms with van der Waals surface area (Å²) in [5, 5.41) is 55.0. The lowest BCUT2D eigenvalue weighted by Gasteiger charge is -2.40. The Balaban J connectivity index is 2.09. The molecule has 0 bridgehead atoms. The van der Waals surface area contributed by atoms with Gasteiger partial charge in [0.25, 0.3) is 0 Å². The van der Waals surface area contributed by atoms with Crippen molar-refractivity contribution in [2.45, 2.75) is 429 Å². The fourth-order valence-electron chi connectivity index (χ4n) is 12.1. The smallest absolute Gasteiger partial charge is 0.220 e. The number of aliphatic hydroxyl groups is 5. The Kier molecular flexibility index (Phi) is 58.2. The number of nitrogens with one attached hydrogen (secondary N) is 1. The normalized spacial score (nSPS) is 18.4. The number of amides is 1. The number of hydrogen-bond donors (Lipinski definition) is 6. The molecule has 7 atom stereocenters. The Morgan fingerprint density at radius 2 is 0.633 bits per heavy atom. The van der Waals surface area contributed by atoms with Crippen molar-refractivity contribution in [3.63, 3.8) is 0 Å². The van der Waals surface area contributed by atoms with Crippen molar-refractivity contribution < 1.29 is 39.8 Å². The van der Waals surface area contributed by atoms with Crippen molar-refractivity contribution in [2.24, 2.45) is 0 Å². The first kappa shape index (κ1) is 76.2. The maximum absolute atomic E-state index is 13.1. The third-order valence-electron chi connectivity index (χ3n) is 17.7. The first-order valence-corrected chi connectivity index (χ1v) is 35.7. The minimum atomic E-state index is -1.55. The van der Waals surface area contributed by atoms with E-state index in [2.05, 4.69) is 19.2 Å². The van der Waals surface area contributed by atoms with Gasteiger partial charge < -0.3 is 40.3 Å². The molecule has 1 aliphatic rings. The van der Waals surface area contributed by atoms with Gasteiger partial charge in [0.05, 0.1) is 25.4 Å². The third kappa shape index (κ3) is 49.2. The molecule has 1 amide bonds. The highest BCUT2D eigenvalue weighted by Crippen LogP contribution is 2.24. The number of hydrogen-bond acceptors (Lipinski definition) is 8. The second-order valence-electron chi connectivity index (χ2n) is 25.4. The first-order valence-electron chi connectivity index (χ1n) is 35.7. The van der Waals surface area contributed by atoms with E-state index in [0.29, 0.717) is 12.8 Å². The summed E-state index contributed by atoms with van der Waals surface area (Å²) >= 11 is 0. The van der Waals surface area contributed by atoms with E-state index < -0.39 is 49.5 Å². The van der Waals surface area contributed by atoms with Crippen LogP contribution in [0.2, 0.25) is 0 Å². The lowest BCUT2D eigenvalue weighted by molar-refractivity contribution is -0.302. The van der Waals surface area contributed by atoms with E-state index in [1.165, 1.54) is 321 Å². The van der Waals surface area contributed by atoms with Gasteiger partial charge in [0, 0.05) is 6.42 Å². The number of aliphatic hydroxyl groups excluding tert-OH is 5. The van der Waals surface area contributed by atoms with Gasteiger partial charge in [-0.15, -0.1) is 0 Å². The van der Waals surface area contributed by atoms with E-state index in [1.54, 1.807) is 0 Å². The molecule has 6 N–H and O–H groups in total. The number of carbonyl (C=O) groups is 1. The molecular weight excluding hydrogens is 983 g/mol. The molecule has 0 aromatic heterocycles. The lowest BCUT2D eigenvalue weighted by Crippen LogP contribution is -2.60. The number of ether oxygens (including phenoxy) is 2. The largest absolute Gasteiger partial charge is 0.394 e. The van der Waals surface area contributed by atoms with Gasteiger partial charge in [-0.05, 0) is 12.8 Å². The number of unbranched alkanes of at least 4 members (excludes halogenated alkanes) is 54. The highest BCUT2D eigenvalue weighted by molar-refractivity contribution is 5.76. The molecule has 0 aliphatic carbocycles. The molecule has 1 fully saturated rings. The summed E-state index contributed by atoms with van der Waals surface area (Å²) in [6.07, 6.45) is 68.9. The van der Waals surface area contributed by atoms with Gasteiger partial charge in [-0.25, -0.2) is 0 Å². The molecule has 0 spiro atoms. The minimum absolute atomic E-state index is 0.130. The number of rotatable bonds is 64. The summed E-state index contributed by atoms with van der Waals surface area (Å²) in [6, 6.07) is -0.715. The molecule has 0 aromatic rings. The second-order valence-corrected chi connectivity index (χ2v) is 25.4. The van der Waals surface area contributed by atoms with Crippen LogP contribution in [0.1, 0.15) is 386 Å². The van der Waals surface area contributed by atoms with Crippen molar-refractivity contribution in [3.05, 3.63) is 0 Å². The van der Waals surface area contributed by atoms with E-state index in [-0.39, 0.29) is 12.5 Å². The summed E-state index contributed by atoms with van der Waals surface area (Å²) in [5.74, 6) is -0.133. The lowest BCUT2D eigenvalue weighted by atomic mass is 9.99. The molecule has 9 heteroatoms. The van der Waals surface area contributed by atoms with Crippen molar-refractivity contribution in [1.82, 2.24) is 5.32 Å². The fraction of sp³-hybridized carbons (Fsp3) is 0.986. The van der Waals surface area contributed by atoms with Crippen LogP contribution in [0.3, 0.4) is 0 Å². The molecule has 1 aliphatic heterocycles. The molecule has 1 heterocycles. The van der Waals surface area contributed by atoms with Crippen LogP contribution in [0.15, 0.2) is 0 Å². The van der Waals surface area contributed by atoms with Crippen LogP contribution in [0.25, 0.3) is 0 Å². The van der Waals surface area contributed by atoms with E-state index >= 15 is 0 Å². The zero-order valence-corrected chi connectivity index (χ0v) is 52.9. The quantitative estimate of drug-likeness (QED) is 0.0330. The van der Waals surface area contributed by atoms with Gasteiger partial charge in [0.2, 0.25) is 5.91 Å². The fourth-order valence-corrected chi connectivity index (χ4v) is 12.1. The van der Waals surface area contributed by atoms with Crippen LogP contribution in [-0.4, -0.2) is 87.5 Å². The van der Waals surface area contributed by atoms with Crippen LogP contribution in [0.5, 0.6) is 0 Å². The van der Waals surface area contributed by atoms with Crippen LogP contribution in [0, 0.1) is 0 Å².